The predicted octanol–water partition coefficient (Wildman–Crippen LogP) is 4.84. The van der Waals surface area contributed by atoms with Crippen molar-refractivity contribution in [1.29, 1.82) is 0 Å². The highest BCUT2D eigenvalue weighted by Gasteiger charge is 2.26. The Balaban J connectivity index is 1.86. The van der Waals surface area contributed by atoms with E-state index < -0.39 is 0 Å². The van der Waals surface area contributed by atoms with E-state index in [0.717, 1.165) is 46.6 Å². The fourth-order valence-electron chi connectivity index (χ4n) is 3.23. The highest BCUT2D eigenvalue weighted by molar-refractivity contribution is 7.80. The van der Waals surface area contributed by atoms with Gasteiger partial charge in [0.25, 0.3) is 0 Å². The maximum absolute atomic E-state index is 12.3. The zero-order chi connectivity index (χ0) is 18.0. The molecule has 0 radical (unpaired) electrons. The maximum Gasteiger partial charge on any atom is 0.341 e. The number of para-hydroxylation sites is 1. The fourth-order valence-corrected chi connectivity index (χ4v) is 4.78. The van der Waals surface area contributed by atoms with E-state index in [1.54, 1.807) is 11.3 Å². The van der Waals surface area contributed by atoms with Gasteiger partial charge in [-0.05, 0) is 68.4 Å². The molecule has 0 saturated carbocycles. The molecule has 2 aromatic rings. The summed E-state index contributed by atoms with van der Waals surface area (Å²) in [6, 6.07) is 6.11. The number of nitrogens with one attached hydrogen (secondary N) is 2. The molecule has 0 saturated heterocycles. The summed E-state index contributed by atoms with van der Waals surface area (Å²) in [7, 11) is 1.42. The fraction of sp³-hybridized carbons (Fsp3) is 0.368. The second-order valence-corrected chi connectivity index (χ2v) is 7.77. The first-order chi connectivity index (χ1) is 12.0. The first kappa shape index (κ1) is 17.9. The standard InChI is InChI=1S/C19H22N2O2S2/c1-11-7-6-8-12(2)16(11)20-19(24)21-17-15(18(22)23-3)13-9-4-5-10-14(13)25-17/h6-8H,4-5,9-10H2,1-3H3,(H2,20,21,24). The number of rotatable bonds is 3. The first-order valence-corrected chi connectivity index (χ1v) is 9.60. The highest BCUT2D eigenvalue weighted by Crippen LogP contribution is 2.38. The smallest absolute Gasteiger partial charge is 0.341 e. The van der Waals surface area contributed by atoms with Crippen molar-refractivity contribution < 1.29 is 9.53 Å². The monoisotopic (exact) mass is 374 g/mol. The van der Waals surface area contributed by atoms with E-state index in [1.165, 1.54) is 18.4 Å². The van der Waals surface area contributed by atoms with Crippen molar-refractivity contribution in [3.05, 3.63) is 45.3 Å². The molecule has 1 aromatic heterocycles. The molecule has 0 amide bonds. The maximum atomic E-state index is 12.3. The van der Waals surface area contributed by atoms with E-state index in [0.29, 0.717) is 10.7 Å². The van der Waals surface area contributed by atoms with Crippen LogP contribution in [0.3, 0.4) is 0 Å². The van der Waals surface area contributed by atoms with Gasteiger partial charge in [0.05, 0.1) is 12.7 Å². The van der Waals surface area contributed by atoms with Gasteiger partial charge in [-0.3, -0.25) is 0 Å². The molecule has 0 spiro atoms. The van der Waals surface area contributed by atoms with Gasteiger partial charge >= 0.3 is 5.97 Å². The van der Waals surface area contributed by atoms with Gasteiger partial charge < -0.3 is 15.4 Å². The third kappa shape index (κ3) is 3.70. The van der Waals surface area contributed by atoms with Crippen molar-refractivity contribution >= 4 is 45.3 Å². The van der Waals surface area contributed by atoms with Crippen LogP contribution in [0.1, 0.15) is 44.8 Å². The van der Waals surface area contributed by atoms with Crippen molar-refractivity contribution in [1.82, 2.24) is 0 Å². The zero-order valence-corrected chi connectivity index (χ0v) is 16.3. The minimum Gasteiger partial charge on any atom is -0.465 e. The van der Waals surface area contributed by atoms with Crippen molar-refractivity contribution in [2.75, 3.05) is 17.7 Å². The summed E-state index contributed by atoms with van der Waals surface area (Å²) < 4.78 is 5.00. The van der Waals surface area contributed by atoms with E-state index in [1.807, 2.05) is 32.0 Å². The number of benzene rings is 1. The molecule has 4 nitrogen and oxygen atoms in total. The molecular formula is C19H22N2O2S2. The number of anilines is 2. The number of hydrogen-bond donors (Lipinski definition) is 2. The van der Waals surface area contributed by atoms with Crippen LogP contribution in [0.25, 0.3) is 0 Å². The summed E-state index contributed by atoms with van der Waals surface area (Å²) in [4.78, 5) is 13.6. The second kappa shape index (κ2) is 7.54. The zero-order valence-electron chi connectivity index (χ0n) is 14.7. The minimum atomic E-state index is -0.295. The Morgan fingerprint density at radius 1 is 1.16 bits per heavy atom. The lowest BCUT2D eigenvalue weighted by molar-refractivity contribution is 0.0601. The van der Waals surface area contributed by atoms with Crippen LogP contribution in [-0.2, 0) is 17.6 Å². The first-order valence-electron chi connectivity index (χ1n) is 8.38. The summed E-state index contributed by atoms with van der Waals surface area (Å²) >= 11 is 7.11. The SMILES string of the molecule is COC(=O)c1c(NC(=S)Nc2c(C)cccc2C)sc2c1CCCC2. The third-order valence-electron chi connectivity index (χ3n) is 4.51. The van der Waals surface area contributed by atoms with Gasteiger partial charge in [-0.1, -0.05) is 18.2 Å². The van der Waals surface area contributed by atoms with Crippen LogP contribution in [-0.4, -0.2) is 18.2 Å². The van der Waals surface area contributed by atoms with Crippen LogP contribution in [0.15, 0.2) is 18.2 Å². The minimum absolute atomic E-state index is 0.295. The molecule has 0 aliphatic heterocycles. The van der Waals surface area contributed by atoms with Gasteiger partial charge in [0.15, 0.2) is 5.11 Å². The molecule has 2 N–H and O–H groups in total. The number of fused-ring (bicyclic) bond motifs is 1. The number of esters is 1. The number of ether oxygens (including phenoxy) is 1. The molecule has 1 heterocycles. The Bertz CT molecular complexity index is 807. The van der Waals surface area contributed by atoms with Crippen molar-refractivity contribution in [3.8, 4) is 0 Å². The molecule has 0 fully saturated rings. The molecule has 1 aliphatic carbocycles. The van der Waals surface area contributed by atoms with Gasteiger partial charge in [-0.2, -0.15) is 0 Å². The van der Waals surface area contributed by atoms with Crippen molar-refractivity contribution in [2.24, 2.45) is 0 Å². The molecule has 0 bridgehead atoms. The van der Waals surface area contributed by atoms with E-state index in [4.69, 9.17) is 17.0 Å². The van der Waals surface area contributed by atoms with E-state index >= 15 is 0 Å². The van der Waals surface area contributed by atoms with E-state index in [9.17, 15) is 4.79 Å². The number of hydrogen-bond acceptors (Lipinski definition) is 4. The predicted molar refractivity (Wildman–Crippen MR) is 108 cm³/mol. The molecule has 1 aromatic carbocycles. The number of carbonyl (C=O) groups excluding carboxylic acids is 1. The van der Waals surface area contributed by atoms with Crippen molar-refractivity contribution in [3.63, 3.8) is 0 Å². The highest BCUT2D eigenvalue weighted by atomic mass is 32.1. The van der Waals surface area contributed by atoms with Crippen LogP contribution in [0.4, 0.5) is 10.7 Å². The average molecular weight is 375 g/mol. The summed E-state index contributed by atoms with van der Waals surface area (Å²) in [6.45, 7) is 4.09. The molecule has 1 aliphatic rings. The molecule has 0 unspecified atom stereocenters. The van der Waals surface area contributed by atoms with Crippen LogP contribution in [0, 0.1) is 13.8 Å². The summed E-state index contributed by atoms with van der Waals surface area (Å²) in [5.41, 5.74) is 5.03. The van der Waals surface area contributed by atoms with Gasteiger partial charge in [-0.25, -0.2) is 4.79 Å². The van der Waals surface area contributed by atoms with Crippen molar-refractivity contribution in [2.45, 2.75) is 39.5 Å². The Morgan fingerprint density at radius 3 is 2.52 bits per heavy atom. The molecule has 25 heavy (non-hydrogen) atoms. The largest absolute Gasteiger partial charge is 0.465 e. The van der Waals surface area contributed by atoms with Crippen LogP contribution < -0.4 is 10.6 Å². The second-order valence-electron chi connectivity index (χ2n) is 6.25. The molecule has 6 heteroatoms. The molecule has 0 atom stereocenters. The van der Waals surface area contributed by atoms with Gasteiger partial charge in [0.2, 0.25) is 0 Å². The number of thiophene rings is 1. The van der Waals surface area contributed by atoms with Crippen LogP contribution >= 0.6 is 23.6 Å². The normalized spacial score (nSPS) is 13.1. The van der Waals surface area contributed by atoms with E-state index in [-0.39, 0.29) is 5.97 Å². The van der Waals surface area contributed by atoms with E-state index in [2.05, 4.69) is 10.6 Å². The number of thiocarbonyl (C=S) groups is 1. The Morgan fingerprint density at radius 2 is 1.84 bits per heavy atom. The Kier molecular flexibility index (Phi) is 5.39. The van der Waals surface area contributed by atoms with Gasteiger partial charge in [-0.15, -0.1) is 11.3 Å². The lowest BCUT2D eigenvalue weighted by Gasteiger charge is -2.15. The molecule has 132 valence electrons. The lowest BCUT2D eigenvalue weighted by atomic mass is 9.95. The quantitative estimate of drug-likeness (QED) is 0.595. The van der Waals surface area contributed by atoms with Gasteiger partial charge in [0, 0.05) is 10.6 Å². The Labute approximate surface area is 157 Å². The van der Waals surface area contributed by atoms with Crippen LogP contribution in [0.5, 0.6) is 0 Å². The topological polar surface area (TPSA) is 50.4 Å². The van der Waals surface area contributed by atoms with Gasteiger partial charge in [0.1, 0.15) is 5.00 Å². The summed E-state index contributed by atoms with van der Waals surface area (Å²) in [5.74, 6) is -0.295. The molecular weight excluding hydrogens is 352 g/mol. The summed E-state index contributed by atoms with van der Waals surface area (Å²) in [5, 5.41) is 7.76. The van der Waals surface area contributed by atoms with Crippen LogP contribution in [0.2, 0.25) is 0 Å². The number of methoxy groups -OCH3 is 1. The lowest BCUT2D eigenvalue weighted by Crippen LogP contribution is -2.21. The number of aryl methyl sites for hydroxylation is 3. The molecule has 3 rings (SSSR count). The Hall–Kier alpha value is -1.92. The third-order valence-corrected chi connectivity index (χ3v) is 5.92. The summed E-state index contributed by atoms with van der Waals surface area (Å²) in [6.07, 6.45) is 4.22. The average Bonchev–Trinajstić information content (AvgIpc) is 2.95. The number of carbonyl (C=O) groups is 1.